The van der Waals surface area contributed by atoms with E-state index in [0.29, 0.717) is 5.56 Å². The van der Waals surface area contributed by atoms with Crippen molar-refractivity contribution >= 4 is 17.6 Å². The highest BCUT2D eigenvalue weighted by Gasteiger charge is 2.43. The van der Waals surface area contributed by atoms with Crippen molar-refractivity contribution in [2.24, 2.45) is 5.73 Å². The molecule has 37 heavy (non-hydrogen) atoms. The Kier molecular flexibility index (Phi) is 7.02. The van der Waals surface area contributed by atoms with Crippen LogP contribution in [0.3, 0.4) is 0 Å². The zero-order valence-electron chi connectivity index (χ0n) is 19.9. The fourth-order valence-corrected chi connectivity index (χ4v) is 4.39. The van der Waals surface area contributed by atoms with Crippen LogP contribution in [0.4, 0.5) is 14.5 Å². The van der Waals surface area contributed by atoms with Gasteiger partial charge in [0, 0.05) is 11.6 Å². The fourth-order valence-electron chi connectivity index (χ4n) is 4.39. The number of carbonyl (C=O) groups excluding carboxylic acids is 2. The lowest BCUT2D eigenvalue weighted by molar-refractivity contribution is -0.139. The number of rotatable bonds is 5. The molecule has 1 atom stereocenters. The molecule has 0 saturated heterocycles. The van der Waals surface area contributed by atoms with Gasteiger partial charge >= 0.3 is 11.9 Å². The van der Waals surface area contributed by atoms with Gasteiger partial charge in [0.2, 0.25) is 0 Å². The van der Waals surface area contributed by atoms with Crippen molar-refractivity contribution in [2.75, 3.05) is 19.1 Å². The number of hydrogen-bond donors (Lipinski definition) is 1. The van der Waals surface area contributed by atoms with Gasteiger partial charge in [-0.1, -0.05) is 48.5 Å². The number of allylic oxidation sites excluding steroid dienone is 1. The number of benzene rings is 3. The van der Waals surface area contributed by atoms with Crippen molar-refractivity contribution in [3.05, 3.63) is 113 Å². The van der Waals surface area contributed by atoms with Gasteiger partial charge in [-0.25, -0.2) is 18.4 Å². The normalized spacial score (nSPS) is 15.3. The molecule has 0 aliphatic carbocycles. The van der Waals surface area contributed by atoms with E-state index in [1.165, 1.54) is 4.90 Å². The number of ether oxygens (including phenoxy) is 2. The molecule has 1 unspecified atom stereocenters. The van der Waals surface area contributed by atoms with Crippen LogP contribution >= 0.6 is 0 Å². The minimum Gasteiger partial charge on any atom is -0.466 e. The molecular weight excluding hydrogens is 480 g/mol. The van der Waals surface area contributed by atoms with Crippen LogP contribution in [-0.2, 0) is 19.1 Å². The van der Waals surface area contributed by atoms with Gasteiger partial charge in [-0.3, -0.25) is 4.90 Å². The van der Waals surface area contributed by atoms with Crippen molar-refractivity contribution in [3.63, 3.8) is 0 Å². The molecule has 3 aromatic carbocycles. The van der Waals surface area contributed by atoms with Crippen molar-refractivity contribution in [3.8, 4) is 17.2 Å². The van der Waals surface area contributed by atoms with Crippen LogP contribution in [0.25, 0.3) is 11.1 Å². The summed E-state index contributed by atoms with van der Waals surface area (Å²) in [5, 5.41) is 10.2. The van der Waals surface area contributed by atoms with Crippen molar-refractivity contribution in [1.29, 1.82) is 5.26 Å². The number of carbonyl (C=O) groups is 2. The Morgan fingerprint density at radius 1 is 0.919 bits per heavy atom. The molecule has 2 N–H and O–H groups in total. The lowest BCUT2D eigenvalue weighted by Crippen LogP contribution is -2.41. The van der Waals surface area contributed by atoms with Crippen LogP contribution in [0, 0.1) is 23.0 Å². The highest BCUT2D eigenvalue weighted by Crippen LogP contribution is 2.45. The Bertz CT molecular complexity index is 1470. The lowest BCUT2D eigenvalue weighted by Gasteiger charge is -2.36. The Hall–Kier alpha value is -4.97. The first-order chi connectivity index (χ1) is 17.8. The van der Waals surface area contributed by atoms with Crippen molar-refractivity contribution in [1.82, 2.24) is 0 Å². The standard InChI is InChI=1S/C28H21F2N3O4/c1-36-27(34)24-23(16-8-4-3-5-9-16)21(15-31)26(32)33(25(24)28(35)37-2)22-11-7-6-10-20(22)17-12-18(29)14-19(30)13-17/h3-14,23H,32H2,1-2H3. The summed E-state index contributed by atoms with van der Waals surface area (Å²) in [5.41, 5.74) is 7.17. The maximum absolute atomic E-state index is 14.1. The molecule has 0 bridgehead atoms. The summed E-state index contributed by atoms with van der Waals surface area (Å²) in [6.45, 7) is 0. The third-order valence-corrected chi connectivity index (χ3v) is 5.93. The minimum atomic E-state index is -1.04. The van der Waals surface area contributed by atoms with Gasteiger partial charge in [-0.05, 0) is 29.3 Å². The Balaban J connectivity index is 2.10. The number of hydrogen-bond acceptors (Lipinski definition) is 7. The van der Waals surface area contributed by atoms with Gasteiger partial charge in [-0.15, -0.1) is 0 Å². The van der Waals surface area contributed by atoms with E-state index in [2.05, 4.69) is 6.07 Å². The predicted octanol–water partition coefficient (Wildman–Crippen LogP) is 4.53. The third-order valence-electron chi connectivity index (χ3n) is 5.93. The summed E-state index contributed by atoms with van der Waals surface area (Å²) in [5.74, 6) is -4.63. The van der Waals surface area contributed by atoms with E-state index in [1.807, 2.05) is 0 Å². The number of nitrogens with two attached hydrogens (primary N) is 1. The van der Waals surface area contributed by atoms with Gasteiger partial charge in [0.15, 0.2) is 0 Å². The SMILES string of the molecule is COC(=O)C1=C(C(=O)OC)N(c2ccccc2-c2cc(F)cc(F)c2)C(N)=C(C#N)C1c1ccccc1. The van der Waals surface area contributed by atoms with Gasteiger partial charge in [-0.2, -0.15) is 5.26 Å². The molecule has 0 aromatic heterocycles. The largest absolute Gasteiger partial charge is 0.466 e. The summed E-state index contributed by atoms with van der Waals surface area (Å²) in [6.07, 6.45) is 0. The smallest absolute Gasteiger partial charge is 0.355 e. The monoisotopic (exact) mass is 501 g/mol. The van der Waals surface area contributed by atoms with Crippen LogP contribution in [-0.4, -0.2) is 26.2 Å². The molecule has 1 aliphatic heterocycles. The van der Waals surface area contributed by atoms with Crippen LogP contribution in [0.5, 0.6) is 0 Å². The molecule has 0 fully saturated rings. The minimum absolute atomic E-state index is 0.0283. The molecule has 4 rings (SSSR count). The third kappa shape index (κ3) is 4.52. The van der Waals surface area contributed by atoms with E-state index in [4.69, 9.17) is 15.2 Å². The van der Waals surface area contributed by atoms with Crippen molar-refractivity contribution < 1.29 is 27.8 Å². The van der Waals surface area contributed by atoms with E-state index in [9.17, 15) is 23.6 Å². The first-order valence-corrected chi connectivity index (χ1v) is 11.0. The molecule has 0 spiro atoms. The predicted molar refractivity (Wildman–Crippen MR) is 131 cm³/mol. The van der Waals surface area contributed by atoms with E-state index >= 15 is 0 Å². The van der Waals surface area contributed by atoms with E-state index in [0.717, 1.165) is 32.4 Å². The summed E-state index contributed by atoms with van der Waals surface area (Å²) in [7, 11) is 2.28. The first kappa shape index (κ1) is 25.1. The molecule has 3 aromatic rings. The molecule has 0 saturated carbocycles. The number of anilines is 1. The maximum Gasteiger partial charge on any atom is 0.355 e. The van der Waals surface area contributed by atoms with Crippen LogP contribution < -0.4 is 10.6 Å². The average molecular weight is 501 g/mol. The number of nitrogens with zero attached hydrogens (tertiary/aromatic N) is 2. The molecule has 186 valence electrons. The zero-order valence-corrected chi connectivity index (χ0v) is 19.9. The molecule has 7 nitrogen and oxygen atoms in total. The topological polar surface area (TPSA) is 106 Å². The molecule has 1 aliphatic rings. The van der Waals surface area contributed by atoms with Crippen molar-refractivity contribution in [2.45, 2.75) is 5.92 Å². The number of nitriles is 1. The fraction of sp³-hybridized carbons (Fsp3) is 0.107. The Morgan fingerprint density at radius 2 is 1.51 bits per heavy atom. The zero-order chi connectivity index (χ0) is 26.7. The quantitative estimate of drug-likeness (QED) is 0.512. The van der Waals surface area contributed by atoms with Gasteiger partial charge in [0.25, 0.3) is 0 Å². The summed E-state index contributed by atoms with van der Waals surface area (Å²) in [4.78, 5) is 27.6. The van der Waals surface area contributed by atoms with E-state index in [-0.39, 0.29) is 39.5 Å². The number of halogens is 2. The second kappa shape index (κ2) is 10.3. The molecule has 9 heteroatoms. The Labute approximate surface area is 211 Å². The molecule has 0 radical (unpaired) electrons. The maximum atomic E-state index is 14.1. The summed E-state index contributed by atoms with van der Waals surface area (Å²) in [6, 6.07) is 20.0. The molecule has 1 heterocycles. The van der Waals surface area contributed by atoms with Crippen LogP contribution in [0.1, 0.15) is 11.5 Å². The van der Waals surface area contributed by atoms with Crippen LogP contribution in [0.2, 0.25) is 0 Å². The molecular formula is C28H21F2N3O4. The number of methoxy groups -OCH3 is 2. The average Bonchev–Trinajstić information content (AvgIpc) is 2.91. The second-order valence-electron chi connectivity index (χ2n) is 8.01. The van der Waals surface area contributed by atoms with E-state index in [1.54, 1.807) is 54.6 Å². The van der Waals surface area contributed by atoms with Gasteiger partial charge < -0.3 is 15.2 Å². The molecule has 0 amide bonds. The van der Waals surface area contributed by atoms with Gasteiger partial charge in [0.1, 0.15) is 23.2 Å². The number of esters is 2. The van der Waals surface area contributed by atoms with Crippen LogP contribution in [0.15, 0.2) is 95.5 Å². The summed E-state index contributed by atoms with van der Waals surface area (Å²) >= 11 is 0. The highest BCUT2D eigenvalue weighted by atomic mass is 19.1. The highest BCUT2D eigenvalue weighted by molar-refractivity contribution is 6.07. The first-order valence-electron chi connectivity index (χ1n) is 11.0. The van der Waals surface area contributed by atoms with Gasteiger partial charge in [0.05, 0.1) is 43.0 Å². The Morgan fingerprint density at radius 3 is 2.11 bits per heavy atom. The number of para-hydroxylation sites is 1. The second-order valence-corrected chi connectivity index (χ2v) is 8.01. The summed E-state index contributed by atoms with van der Waals surface area (Å²) < 4.78 is 38.3. The lowest BCUT2D eigenvalue weighted by atomic mass is 9.80. The van der Waals surface area contributed by atoms with E-state index < -0.39 is 29.5 Å².